The van der Waals surface area contributed by atoms with Crippen molar-refractivity contribution in [2.45, 2.75) is 26.9 Å². The van der Waals surface area contributed by atoms with Gasteiger partial charge in [-0.15, -0.1) is 11.3 Å². The van der Waals surface area contributed by atoms with Gasteiger partial charge in [0.25, 0.3) is 0 Å². The molecule has 6 nitrogen and oxygen atoms in total. The van der Waals surface area contributed by atoms with E-state index in [1.165, 1.54) is 42.4 Å². The average molecular weight is 370 g/mol. The fraction of sp³-hybridized carbons (Fsp3) is 0.211. The fourth-order valence-electron chi connectivity index (χ4n) is 2.38. The number of carbonyl (C=O) groups excluding carboxylic acids is 2. The van der Waals surface area contributed by atoms with Crippen molar-refractivity contribution in [1.82, 2.24) is 4.98 Å². The number of hydrogen-bond donors (Lipinski definition) is 0. The monoisotopic (exact) mass is 370 g/mol. The number of amides is 1. The Morgan fingerprint density at radius 3 is 2.62 bits per heavy atom. The van der Waals surface area contributed by atoms with E-state index >= 15 is 0 Å². The van der Waals surface area contributed by atoms with E-state index in [9.17, 15) is 9.59 Å². The summed E-state index contributed by atoms with van der Waals surface area (Å²) in [7, 11) is 0. The molecule has 0 aliphatic carbocycles. The lowest BCUT2D eigenvalue weighted by Gasteiger charge is -2.18. The van der Waals surface area contributed by atoms with Gasteiger partial charge < -0.3 is 9.15 Å². The highest BCUT2D eigenvalue weighted by atomic mass is 32.1. The Bertz CT molecular complexity index is 885. The highest BCUT2D eigenvalue weighted by Crippen LogP contribution is 2.29. The van der Waals surface area contributed by atoms with Gasteiger partial charge in [-0.3, -0.25) is 9.69 Å². The molecule has 0 radical (unpaired) electrons. The van der Waals surface area contributed by atoms with Crippen LogP contribution in [-0.4, -0.2) is 16.9 Å². The second kappa shape index (κ2) is 7.97. The van der Waals surface area contributed by atoms with E-state index in [0.717, 1.165) is 12.1 Å². The maximum atomic E-state index is 12.1. The number of ether oxygens (including phenoxy) is 1. The van der Waals surface area contributed by atoms with Gasteiger partial charge >= 0.3 is 5.97 Å². The van der Waals surface area contributed by atoms with Gasteiger partial charge in [-0.2, -0.15) is 0 Å². The van der Waals surface area contributed by atoms with Crippen LogP contribution in [0.2, 0.25) is 0 Å². The Morgan fingerprint density at radius 2 is 2.00 bits per heavy atom. The van der Waals surface area contributed by atoms with Crippen LogP contribution in [0.4, 0.5) is 10.8 Å². The zero-order chi connectivity index (χ0) is 18.5. The normalized spacial score (nSPS) is 10.5. The third kappa shape index (κ3) is 4.00. The number of esters is 1. The molecule has 0 atom stereocenters. The molecule has 0 aliphatic heterocycles. The van der Waals surface area contributed by atoms with E-state index in [4.69, 9.17) is 9.15 Å². The summed E-state index contributed by atoms with van der Waals surface area (Å²) in [6, 6.07) is 9.33. The summed E-state index contributed by atoms with van der Waals surface area (Å²) in [6.45, 7) is 3.60. The van der Waals surface area contributed by atoms with Gasteiger partial charge in [-0.05, 0) is 30.2 Å². The molecule has 0 saturated carbocycles. The Labute approximate surface area is 155 Å². The molecule has 1 aromatic carbocycles. The SMILES string of the molecule is CCc1ccc(N(C(C)=O)c2nc(COC(=O)c3ccoc3)cs2)cc1. The molecule has 0 bridgehead atoms. The molecule has 26 heavy (non-hydrogen) atoms. The number of carbonyl (C=O) groups is 2. The van der Waals surface area contributed by atoms with Crippen molar-refractivity contribution >= 4 is 34.0 Å². The smallest absolute Gasteiger partial charge is 0.341 e. The number of nitrogens with zero attached hydrogens (tertiary/aromatic N) is 2. The lowest BCUT2D eigenvalue weighted by Crippen LogP contribution is -2.22. The van der Waals surface area contributed by atoms with Crippen molar-refractivity contribution in [1.29, 1.82) is 0 Å². The van der Waals surface area contributed by atoms with Crippen molar-refractivity contribution in [3.05, 3.63) is 65.1 Å². The lowest BCUT2D eigenvalue weighted by molar-refractivity contribution is -0.115. The van der Waals surface area contributed by atoms with Crippen LogP contribution in [0.3, 0.4) is 0 Å². The van der Waals surface area contributed by atoms with Gasteiger partial charge in [-0.25, -0.2) is 9.78 Å². The average Bonchev–Trinajstić information content (AvgIpc) is 3.32. The molecule has 3 aromatic rings. The molecule has 1 amide bonds. The molecule has 3 rings (SSSR count). The topological polar surface area (TPSA) is 72.6 Å². The standard InChI is InChI=1S/C19H18N2O4S/c1-3-14-4-6-17(7-5-14)21(13(2)22)19-20-16(12-26-19)11-25-18(23)15-8-9-24-10-15/h4-10,12H,3,11H2,1-2H3. The fourth-order valence-corrected chi connectivity index (χ4v) is 3.25. The number of anilines is 2. The van der Waals surface area contributed by atoms with Crippen molar-refractivity contribution in [2.24, 2.45) is 0 Å². The molecule has 7 heteroatoms. The van der Waals surface area contributed by atoms with Crippen LogP contribution in [0.15, 0.2) is 52.7 Å². The van der Waals surface area contributed by atoms with E-state index in [1.54, 1.807) is 10.3 Å². The van der Waals surface area contributed by atoms with Crippen LogP contribution < -0.4 is 4.90 Å². The summed E-state index contributed by atoms with van der Waals surface area (Å²) < 4.78 is 10.1. The van der Waals surface area contributed by atoms with Crippen LogP contribution >= 0.6 is 11.3 Å². The third-order valence-corrected chi connectivity index (χ3v) is 4.63. The molecule has 134 valence electrons. The van der Waals surface area contributed by atoms with Crippen molar-refractivity contribution < 1.29 is 18.7 Å². The number of rotatable bonds is 6. The first-order chi connectivity index (χ1) is 12.6. The number of furan rings is 1. The van der Waals surface area contributed by atoms with Gasteiger partial charge in [0.15, 0.2) is 5.13 Å². The number of benzene rings is 1. The highest BCUT2D eigenvalue weighted by Gasteiger charge is 2.18. The van der Waals surface area contributed by atoms with E-state index in [1.807, 2.05) is 24.3 Å². The number of aromatic nitrogens is 1. The summed E-state index contributed by atoms with van der Waals surface area (Å²) >= 11 is 1.32. The van der Waals surface area contributed by atoms with Crippen molar-refractivity contribution in [3.63, 3.8) is 0 Å². The van der Waals surface area contributed by atoms with Crippen LogP contribution in [0.5, 0.6) is 0 Å². The van der Waals surface area contributed by atoms with E-state index in [-0.39, 0.29) is 12.5 Å². The number of hydrogen-bond acceptors (Lipinski definition) is 6. The number of aryl methyl sites for hydroxylation is 1. The minimum atomic E-state index is -0.480. The largest absolute Gasteiger partial charge is 0.472 e. The molecule has 0 aliphatic rings. The summed E-state index contributed by atoms with van der Waals surface area (Å²) in [6.07, 6.45) is 3.67. The van der Waals surface area contributed by atoms with Gasteiger partial charge in [0.2, 0.25) is 5.91 Å². The summed E-state index contributed by atoms with van der Waals surface area (Å²) in [4.78, 5) is 29.9. The minimum Gasteiger partial charge on any atom is -0.472 e. The summed E-state index contributed by atoms with van der Waals surface area (Å²) in [5.74, 6) is -0.614. The van der Waals surface area contributed by atoms with Crippen LogP contribution in [0.25, 0.3) is 0 Å². The molecule has 0 saturated heterocycles. The van der Waals surface area contributed by atoms with E-state index in [2.05, 4.69) is 11.9 Å². The molecule has 0 unspecified atom stereocenters. The van der Waals surface area contributed by atoms with Crippen LogP contribution in [0, 0.1) is 0 Å². The predicted octanol–water partition coefficient (Wildman–Crippen LogP) is 4.34. The summed E-state index contributed by atoms with van der Waals surface area (Å²) in [5, 5.41) is 2.31. The molecular weight excluding hydrogens is 352 g/mol. The maximum absolute atomic E-state index is 12.1. The second-order valence-electron chi connectivity index (χ2n) is 5.58. The minimum absolute atomic E-state index is 0.0288. The van der Waals surface area contributed by atoms with E-state index in [0.29, 0.717) is 16.4 Å². The zero-order valence-corrected chi connectivity index (χ0v) is 15.3. The van der Waals surface area contributed by atoms with Gasteiger partial charge in [0.05, 0.1) is 23.2 Å². The Hall–Kier alpha value is -2.93. The lowest BCUT2D eigenvalue weighted by atomic mass is 10.1. The first kappa shape index (κ1) is 17.9. The molecule has 0 N–H and O–H groups in total. The van der Waals surface area contributed by atoms with Crippen molar-refractivity contribution in [2.75, 3.05) is 4.90 Å². The molecule has 0 fully saturated rings. The Balaban J connectivity index is 1.73. The second-order valence-corrected chi connectivity index (χ2v) is 6.42. The molecular formula is C19H18N2O4S. The predicted molar refractivity (Wildman–Crippen MR) is 98.6 cm³/mol. The zero-order valence-electron chi connectivity index (χ0n) is 14.5. The molecule has 0 spiro atoms. The van der Waals surface area contributed by atoms with Crippen LogP contribution in [0.1, 0.15) is 35.5 Å². The Kier molecular flexibility index (Phi) is 5.48. The Morgan fingerprint density at radius 1 is 1.23 bits per heavy atom. The van der Waals surface area contributed by atoms with E-state index < -0.39 is 5.97 Å². The third-order valence-electron chi connectivity index (χ3n) is 3.76. The molecule has 2 aromatic heterocycles. The number of thiazole rings is 1. The molecule has 2 heterocycles. The van der Waals surface area contributed by atoms with Gasteiger partial charge in [0.1, 0.15) is 12.9 Å². The highest BCUT2D eigenvalue weighted by molar-refractivity contribution is 7.14. The van der Waals surface area contributed by atoms with Crippen LogP contribution in [-0.2, 0) is 22.6 Å². The first-order valence-electron chi connectivity index (χ1n) is 8.12. The van der Waals surface area contributed by atoms with Crippen molar-refractivity contribution in [3.8, 4) is 0 Å². The van der Waals surface area contributed by atoms with Gasteiger partial charge in [-0.1, -0.05) is 19.1 Å². The quantitative estimate of drug-likeness (QED) is 0.604. The first-order valence-corrected chi connectivity index (χ1v) is 8.99. The maximum Gasteiger partial charge on any atom is 0.341 e. The van der Waals surface area contributed by atoms with Gasteiger partial charge in [0, 0.05) is 12.3 Å². The summed E-state index contributed by atoms with van der Waals surface area (Å²) in [5.41, 5.74) is 2.88.